The Balaban J connectivity index is 1.54. The van der Waals surface area contributed by atoms with Gasteiger partial charge in [0.1, 0.15) is 0 Å². The molecule has 2 N–H and O–H groups in total. The molecule has 3 aromatic rings. The molecule has 0 aliphatic carbocycles. The third kappa shape index (κ3) is 6.61. The molecule has 3 aromatic carbocycles. The smallest absolute Gasteiger partial charge is 0.417 e. The fourth-order valence-corrected chi connectivity index (χ4v) is 7.88. The van der Waals surface area contributed by atoms with Crippen LogP contribution in [0.2, 0.25) is 10.0 Å². The van der Waals surface area contributed by atoms with E-state index in [1.54, 1.807) is 0 Å². The molecule has 8 nitrogen and oxygen atoms in total. The average Bonchev–Trinajstić information content (AvgIpc) is 2.87. The second-order valence-corrected chi connectivity index (χ2v) is 13.5. The van der Waals surface area contributed by atoms with E-state index in [-0.39, 0.29) is 57.6 Å². The van der Waals surface area contributed by atoms with Crippen LogP contribution in [0.4, 0.5) is 13.2 Å². The van der Waals surface area contributed by atoms with Crippen molar-refractivity contribution in [1.82, 2.24) is 9.03 Å². The van der Waals surface area contributed by atoms with Gasteiger partial charge < -0.3 is 5.11 Å². The summed E-state index contributed by atoms with van der Waals surface area (Å²) in [6.07, 6.45) is -5.04. The third-order valence-electron chi connectivity index (χ3n) is 6.26. The van der Waals surface area contributed by atoms with E-state index in [4.69, 9.17) is 28.3 Å². The van der Waals surface area contributed by atoms with E-state index in [0.29, 0.717) is 6.07 Å². The monoisotopic (exact) mass is 636 g/mol. The number of piperidine rings is 1. The maximum Gasteiger partial charge on any atom is 0.417 e. The van der Waals surface area contributed by atoms with Crippen LogP contribution in [0.25, 0.3) is 11.1 Å². The molecule has 0 unspecified atom stereocenters. The summed E-state index contributed by atoms with van der Waals surface area (Å²) in [6.45, 7) is -0.263. The Morgan fingerprint density at radius 2 is 1.52 bits per heavy atom. The molecule has 0 radical (unpaired) electrons. The number of hydrogen-bond acceptors (Lipinski definition) is 5. The Bertz CT molecular complexity index is 1650. The van der Waals surface area contributed by atoms with E-state index in [9.17, 15) is 34.8 Å². The number of hydrogen-bond donors (Lipinski definition) is 2. The van der Waals surface area contributed by atoms with Crippen LogP contribution in [0.1, 0.15) is 28.8 Å². The van der Waals surface area contributed by atoms with Crippen molar-refractivity contribution in [3.05, 3.63) is 81.8 Å². The maximum absolute atomic E-state index is 14.0. The lowest BCUT2D eigenvalue weighted by Crippen LogP contribution is -2.46. The van der Waals surface area contributed by atoms with Crippen LogP contribution in [-0.4, -0.2) is 51.3 Å². The minimum Gasteiger partial charge on any atom is -0.478 e. The first-order valence-electron chi connectivity index (χ1n) is 11.6. The topological polar surface area (TPSA) is 121 Å². The van der Waals surface area contributed by atoms with E-state index in [1.807, 2.05) is 0 Å². The molecular formula is C25H21Cl2F3N2O6S2. The molecule has 0 atom stereocenters. The number of halogens is 5. The fourth-order valence-electron chi connectivity index (χ4n) is 4.32. The van der Waals surface area contributed by atoms with Gasteiger partial charge in [0.15, 0.2) is 0 Å². The second kappa shape index (κ2) is 11.3. The molecule has 1 saturated heterocycles. The lowest BCUT2D eigenvalue weighted by atomic mass is 10.0. The van der Waals surface area contributed by atoms with E-state index >= 15 is 0 Å². The predicted molar refractivity (Wildman–Crippen MR) is 142 cm³/mol. The highest BCUT2D eigenvalue weighted by Crippen LogP contribution is 2.38. The first-order valence-corrected chi connectivity index (χ1v) is 15.3. The highest BCUT2D eigenvalue weighted by Gasteiger charge is 2.39. The number of nitrogens with one attached hydrogen (secondary N) is 1. The van der Waals surface area contributed by atoms with Gasteiger partial charge in [-0.15, -0.1) is 0 Å². The van der Waals surface area contributed by atoms with Crippen molar-refractivity contribution in [2.45, 2.75) is 34.9 Å². The summed E-state index contributed by atoms with van der Waals surface area (Å²) in [5.41, 5.74) is -1.27. The fraction of sp³-hybridized carbons (Fsp3) is 0.240. The SMILES string of the molecule is O=C(O)c1cccc(S(=O)(=O)N2CCC(NS(=O)(=O)c3ccc(-c4cc(Cl)cc(Cl)c4)cc3C(F)(F)F)CC2)c1. The molecule has 0 spiro atoms. The van der Waals surface area contributed by atoms with Crippen LogP contribution >= 0.6 is 23.2 Å². The molecule has 1 heterocycles. The van der Waals surface area contributed by atoms with Gasteiger partial charge in [-0.25, -0.2) is 26.4 Å². The molecule has 15 heteroatoms. The van der Waals surface area contributed by atoms with E-state index in [1.165, 1.54) is 42.5 Å². The van der Waals surface area contributed by atoms with E-state index < -0.39 is 48.7 Å². The number of benzene rings is 3. The van der Waals surface area contributed by atoms with E-state index in [2.05, 4.69) is 4.72 Å². The molecule has 1 fully saturated rings. The first kappa shape index (κ1) is 30.3. The van der Waals surface area contributed by atoms with Crippen LogP contribution in [0.3, 0.4) is 0 Å². The number of carboxylic acid groups (broad SMARTS) is 1. The van der Waals surface area contributed by atoms with E-state index in [0.717, 1.165) is 16.4 Å². The highest BCUT2D eigenvalue weighted by atomic mass is 35.5. The van der Waals surface area contributed by atoms with Crippen LogP contribution in [-0.2, 0) is 26.2 Å². The normalized spacial score (nSPS) is 15.7. The minimum absolute atomic E-state index is 0.0163. The zero-order chi connectivity index (χ0) is 29.5. The van der Waals surface area contributed by atoms with Gasteiger partial charge in [-0.05, 0) is 72.5 Å². The van der Waals surface area contributed by atoms with Crippen molar-refractivity contribution in [3.8, 4) is 11.1 Å². The van der Waals surface area contributed by atoms with Crippen molar-refractivity contribution in [2.75, 3.05) is 13.1 Å². The number of nitrogens with zero attached hydrogens (tertiary/aromatic N) is 1. The van der Waals surface area contributed by atoms with Gasteiger partial charge >= 0.3 is 12.1 Å². The Kier molecular flexibility index (Phi) is 8.56. The molecular weight excluding hydrogens is 616 g/mol. The van der Waals surface area contributed by atoms with Crippen LogP contribution in [0.15, 0.2) is 70.5 Å². The van der Waals surface area contributed by atoms with Crippen molar-refractivity contribution in [1.29, 1.82) is 0 Å². The van der Waals surface area contributed by atoms with Gasteiger partial charge in [-0.3, -0.25) is 0 Å². The molecule has 1 aliphatic rings. The molecule has 0 bridgehead atoms. The maximum atomic E-state index is 14.0. The molecule has 4 rings (SSSR count). The number of carbonyl (C=O) groups is 1. The second-order valence-electron chi connectivity index (χ2n) is 9.00. The Morgan fingerprint density at radius 1 is 0.900 bits per heavy atom. The summed E-state index contributed by atoms with van der Waals surface area (Å²) < 4.78 is 97.4. The molecule has 1 aliphatic heterocycles. The van der Waals surface area contributed by atoms with Crippen LogP contribution < -0.4 is 4.72 Å². The van der Waals surface area contributed by atoms with Crippen LogP contribution in [0.5, 0.6) is 0 Å². The van der Waals surface area contributed by atoms with Crippen molar-refractivity contribution in [2.24, 2.45) is 0 Å². The van der Waals surface area contributed by atoms with Gasteiger partial charge in [0.05, 0.1) is 20.9 Å². The molecule has 0 saturated carbocycles. The lowest BCUT2D eigenvalue weighted by Gasteiger charge is -2.31. The predicted octanol–water partition coefficient (Wildman–Crippen LogP) is 5.51. The number of sulfonamides is 2. The molecule has 40 heavy (non-hydrogen) atoms. The van der Waals surface area contributed by atoms with Gasteiger partial charge in [-0.1, -0.05) is 35.3 Å². The van der Waals surface area contributed by atoms with Gasteiger partial charge in [0.2, 0.25) is 20.0 Å². The third-order valence-corrected chi connectivity index (χ3v) is 10.2. The summed E-state index contributed by atoms with van der Waals surface area (Å²) in [7, 11) is -8.74. The van der Waals surface area contributed by atoms with Crippen molar-refractivity contribution in [3.63, 3.8) is 0 Å². The first-order chi connectivity index (χ1) is 18.6. The van der Waals surface area contributed by atoms with Crippen LogP contribution in [0, 0.1) is 0 Å². The van der Waals surface area contributed by atoms with Crippen molar-refractivity contribution >= 4 is 49.2 Å². The van der Waals surface area contributed by atoms with Gasteiger partial charge in [-0.2, -0.15) is 17.5 Å². The summed E-state index contributed by atoms with van der Waals surface area (Å²) in [4.78, 5) is 9.99. The molecule has 0 amide bonds. The number of carboxylic acids is 1. The minimum atomic E-state index is -5.01. The summed E-state index contributed by atoms with van der Waals surface area (Å²) in [5.74, 6) is -1.30. The zero-order valence-electron chi connectivity index (χ0n) is 20.3. The largest absolute Gasteiger partial charge is 0.478 e. The number of aromatic carboxylic acids is 1. The van der Waals surface area contributed by atoms with Gasteiger partial charge in [0.25, 0.3) is 0 Å². The Hall–Kier alpha value is -2.68. The Morgan fingerprint density at radius 3 is 2.10 bits per heavy atom. The molecule has 214 valence electrons. The van der Waals surface area contributed by atoms with Crippen molar-refractivity contribution < 1.29 is 39.9 Å². The number of rotatable bonds is 7. The zero-order valence-corrected chi connectivity index (χ0v) is 23.5. The summed E-state index contributed by atoms with van der Waals surface area (Å²) in [5, 5.41) is 9.52. The van der Waals surface area contributed by atoms with Gasteiger partial charge in [0, 0.05) is 29.2 Å². The highest BCUT2D eigenvalue weighted by molar-refractivity contribution is 7.89. The standard InChI is InChI=1S/C25H21Cl2F3N2O6S2/c26-18-10-17(11-19(27)14-18)15-4-5-23(22(13-15)25(28,29)30)39(35,36)31-20-6-8-32(9-7-20)40(37,38)21-3-1-2-16(12-21)24(33)34/h1-5,10-14,20,31H,6-9H2,(H,33,34). The number of alkyl halides is 3. The average molecular weight is 637 g/mol. The quantitative estimate of drug-likeness (QED) is 0.353. The Labute approximate surface area is 238 Å². The molecule has 0 aromatic heterocycles. The summed E-state index contributed by atoms with van der Waals surface area (Å²) >= 11 is 11.9. The lowest BCUT2D eigenvalue weighted by molar-refractivity contribution is -0.139. The summed E-state index contributed by atoms with van der Waals surface area (Å²) in [6, 6.07) is 10.9.